The number of hydrogen-bond donors (Lipinski definition) is 0. The third-order valence-electron chi connectivity index (χ3n) is 4.86. The molecule has 1 fully saturated rings. The average Bonchev–Trinajstić information content (AvgIpc) is 3.36. The zero-order valence-electron chi connectivity index (χ0n) is 16.1. The molecule has 0 saturated carbocycles. The van der Waals surface area contributed by atoms with Crippen LogP contribution in [0.4, 0.5) is 5.69 Å². The average molecular weight is 395 g/mol. The second-order valence-corrected chi connectivity index (χ2v) is 7.51. The summed E-state index contributed by atoms with van der Waals surface area (Å²) in [5.74, 6) is 1.34. The van der Waals surface area contributed by atoms with Crippen LogP contribution in [0.15, 0.2) is 53.7 Å². The number of nitrogens with zero attached hydrogens (tertiary/aromatic N) is 4. The van der Waals surface area contributed by atoms with Gasteiger partial charge in [-0.15, -0.1) is 5.10 Å². The quantitative estimate of drug-likeness (QED) is 0.412. The summed E-state index contributed by atoms with van der Waals surface area (Å²) in [5.41, 5.74) is 4.01. The third-order valence-corrected chi connectivity index (χ3v) is 5.12. The van der Waals surface area contributed by atoms with Crippen molar-refractivity contribution in [2.75, 3.05) is 13.1 Å². The molecule has 1 aromatic heterocycles. The number of halogens is 1. The maximum atomic E-state index is 6.03. The molecule has 0 N–H and O–H groups in total. The third kappa shape index (κ3) is 4.20. The Morgan fingerprint density at radius 1 is 1.04 bits per heavy atom. The largest absolute Gasteiger partial charge is 0.437 e. The molecule has 4 rings (SSSR count). The van der Waals surface area contributed by atoms with E-state index in [1.54, 1.807) is 4.68 Å². The molecule has 5 nitrogen and oxygen atoms in total. The Bertz CT molecular complexity index is 988. The smallest absolute Gasteiger partial charge is 0.238 e. The van der Waals surface area contributed by atoms with Gasteiger partial charge >= 0.3 is 0 Å². The van der Waals surface area contributed by atoms with Gasteiger partial charge in [-0.25, -0.2) is 9.67 Å². The van der Waals surface area contributed by atoms with Crippen molar-refractivity contribution < 1.29 is 4.74 Å². The summed E-state index contributed by atoms with van der Waals surface area (Å²) in [6.07, 6.45) is 6.33. The fourth-order valence-corrected chi connectivity index (χ4v) is 3.36. The van der Waals surface area contributed by atoms with Crippen LogP contribution in [0.25, 0.3) is 5.69 Å². The van der Waals surface area contributed by atoms with Crippen molar-refractivity contribution in [2.45, 2.75) is 26.7 Å². The molecule has 6 heteroatoms. The van der Waals surface area contributed by atoms with Gasteiger partial charge in [0.15, 0.2) is 0 Å². The van der Waals surface area contributed by atoms with Crippen molar-refractivity contribution >= 4 is 23.6 Å². The van der Waals surface area contributed by atoms with Crippen molar-refractivity contribution in [1.29, 1.82) is 0 Å². The lowest BCUT2D eigenvalue weighted by Crippen LogP contribution is -2.16. The van der Waals surface area contributed by atoms with Crippen molar-refractivity contribution in [2.24, 2.45) is 4.99 Å². The van der Waals surface area contributed by atoms with Gasteiger partial charge in [0.05, 0.1) is 17.7 Å². The van der Waals surface area contributed by atoms with Crippen LogP contribution in [0.1, 0.15) is 24.0 Å². The lowest BCUT2D eigenvalue weighted by molar-refractivity contribution is 0.454. The predicted octanol–water partition coefficient (Wildman–Crippen LogP) is 5.69. The van der Waals surface area contributed by atoms with Gasteiger partial charge in [0.25, 0.3) is 0 Å². The Morgan fingerprint density at radius 2 is 1.79 bits per heavy atom. The molecule has 1 aliphatic heterocycles. The first kappa shape index (κ1) is 18.6. The molecule has 0 radical (unpaired) electrons. The molecule has 0 atom stereocenters. The Labute approximate surface area is 170 Å². The van der Waals surface area contributed by atoms with E-state index in [1.807, 2.05) is 55.9 Å². The minimum Gasteiger partial charge on any atom is -0.437 e. The highest BCUT2D eigenvalue weighted by molar-refractivity contribution is 6.30. The van der Waals surface area contributed by atoms with Crippen LogP contribution >= 0.6 is 11.6 Å². The van der Waals surface area contributed by atoms with E-state index >= 15 is 0 Å². The molecule has 3 aromatic rings. The topological polar surface area (TPSA) is 42.6 Å². The van der Waals surface area contributed by atoms with E-state index in [1.165, 1.54) is 12.8 Å². The lowest BCUT2D eigenvalue weighted by atomic mass is 10.1. The van der Waals surface area contributed by atoms with Gasteiger partial charge in [-0.05, 0) is 74.2 Å². The Hall–Kier alpha value is -2.79. The highest BCUT2D eigenvalue weighted by Crippen LogP contribution is 2.31. The van der Waals surface area contributed by atoms with Crippen LogP contribution in [-0.2, 0) is 0 Å². The SMILES string of the molecule is Cc1cc(Oc2ccn(-c3ccc(Cl)cc3)n2)c(C)cc1/N=C/N1CCCC1. The molecule has 28 heavy (non-hydrogen) atoms. The highest BCUT2D eigenvalue weighted by atomic mass is 35.5. The second-order valence-electron chi connectivity index (χ2n) is 7.07. The molecule has 0 spiro atoms. The molecule has 0 unspecified atom stereocenters. The van der Waals surface area contributed by atoms with Crippen LogP contribution in [0, 0.1) is 13.8 Å². The summed E-state index contributed by atoms with van der Waals surface area (Å²) < 4.78 is 7.79. The molecule has 0 aliphatic carbocycles. The molecular weight excluding hydrogens is 372 g/mol. The molecule has 0 bridgehead atoms. The van der Waals surface area contributed by atoms with Crippen molar-refractivity contribution in [3.63, 3.8) is 0 Å². The van der Waals surface area contributed by atoms with Gasteiger partial charge in [-0.2, -0.15) is 0 Å². The molecular formula is C22H23ClN4O. The maximum Gasteiger partial charge on any atom is 0.238 e. The van der Waals surface area contributed by atoms with Crippen LogP contribution in [0.2, 0.25) is 5.02 Å². The first-order chi connectivity index (χ1) is 13.6. The number of aliphatic imine (C=N–C) groups is 1. The number of hydrogen-bond acceptors (Lipinski definition) is 3. The van der Waals surface area contributed by atoms with Gasteiger partial charge in [0, 0.05) is 30.4 Å². The summed E-state index contributed by atoms with van der Waals surface area (Å²) in [7, 11) is 0. The molecule has 144 valence electrons. The Kier molecular flexibility index (Phi) is 5.35. The van der Waals surface area contributed by atoms with E-state index < -0.39 is 0 Å². The van der Waals surface area contributed by atoms with Gasteiger partial charge in [0.2, 0.25) is 5.88 Å². The van der Waals surface area contributed by atoms with Gasteiger partial charge in [-0.1, -0.05) is 11.6 Å². The summed E-state index contributed by atoms with van der Waals surface area (Å²) in [6.45, 7) is 6.27. The molecule has 1 aliphatic rings. The number of ether oxygens (including phenoxy) is 1. The Balaban J connectivity index is 1.50. The predicted molar refractivity (Wildman–Crippen MR) is 114 cm³/mol. The molecule has 0 amide bonds. The van der Waals surface area contributed by atoms with Crippen LogP contribution in [0.3, 0.4) is 0 Å². The number of benzene rings is 2. The van der Waals surface area contributed by atoms with Gasteiger partial charge in [0.1, 0.15) is 5.75 Å². The number of aromatic nitrogens is 2. The minimum atomic E-state index is 0.547. The number of likely N-dealkylation sites (tertiary alicyclic amines) is 1. The first-order valence-corrected chi connectivity index (χ1v) is 9.85. The van der Waals surface area contributed by atoms with Crippen LogP contribution in [0.5, 0.6) is 11.6 Å². The van der Waals surface area contributed by atoms with Gasteiger partial charge < -0.3 is 9.64 Å². The normalized spacial score (nSPS) is 14.2. The van der Waals surface area contributed by atoms with Gasteiger partial charge in [-0.3, -0.25) is 0 Å². The maximum absolute atomic E-state index is 6.03. The minimum absolute atomic E-state index is 0.547. The van der Waals surface area contributed by atoms with E-state index in [-0.39, 0.29) is 0 Å². The zero-order chi connectivity index (χ0) is 19.5. The molecule has 2 heterocycles. The molecule has 2 aromatic carbocycles. The summed E-state index contributed by atoms with van der Waals surface area (Å²) in [6, 6.07) is 13.5. The summed E-state index contributed by atoms with van der Waals surface area (Å²) >= 11 is 5.95. The summed E-state index contributed by atoms with van der Waals surface area (Å²) in [5, 5.41) is 5.20. The van der Waals surface area contributed by atoms with Crippen LogP contribution in [-0.4, -0.2) is 34.1 Å². The van der Waals surface area contributed by atoms with E-state index in [4.69, 9.17) is 16.3 Å². The van der Waals surface area contributed by atoms with E-state index in [0.29, 0.717) is 10.9 Å². The molecule has 1 saturated heterocycles. The van der Waals surface area contributed by atoms with E-state index in [0.717, 1.165) is 41.3 Å². The fourth-order valence-electron chi connectivity index (χ4n) is 3.24. The van der Waals surface area contributed by atoms with E-state index in [2.05, 4.69) is 28.0 Å². The van der Waals surface area contributed by atoms with Crippen LogP contribution < -0.4 is 4.74 Å². The Morgan fingerprint density at radius 3 is 2.54 bits per heavy atom. The lowest BCUT2D eigenvalue weighted by Gasteiger charge is -2.12. The standard InChI is InChI=1S/C22H23ClN4O/c1-16-14-21(17(2)13-20(16)24-15-26-10-3-4-11-26)28-22-9-12-27(25-22)19-7-5-18(23)6-8-19/h5-9,12-15H,3-4,10-11H2,1-2H3/b24-15+. The highest BCUT2D eigenvalue weighted by Gasteiger charge is 2.10. The first-order valence-electron chi connectivity index (χ1n) is 9.47. The second kappa shape index (κ2) is 8.07. The zero-order valence-corrected chi connectivity index (χ0v) is 16.9. The van der Waals surface area contributed by atoms with E-state index in [9.17, 15) is 0 Å². The number of aryl methyl sites for hydroxylation is 2. The summed E-state index contributed by atoms with van der Waals surface area (Å²) in [4.78, 5) is 6.93. The number of rotatable bonds is 5. The monoisotopic (exact) mass is 394 g/mol. The fraction of sp³-hybridized carbons (Fsp3) is 0.273. The van der Waals surface area contributed by atoms with Crippen molar-refractivity contribution in [3.05, 3.63) is 64.8 Å². The van der Waals surface area contributed by atoms with Crippen molar-refractivity contribution in [3.8, 4) is 17.3 Å². The van der Waals surface area contributed by atoms with Crippen molar-refractivity contribution in [1.82, 2.24) is 14.7 Å².